The highest BCUT2D eigenvalue weighted by atomic mass is 32.1. The number of rotatable bonds is 12. The summed E-state index contributed by atoms with van der Waals surface area (Å²) < 4.78 is 30.4. The van der Waals surface area contributed by atoms with Gasteiger partial charge in [-0.3, -0.25) is 9.36 Å². The Labute approximate surface area is 243 Å². The topological polar surface area (TPSA) is 97.6 Å². The van der Waals surface area contributed by atoms with Gasteiger partial charge in [0, 0.05) is 6.20 Å². The third kappa shape index (κ3) is 6.48. The molecule has 2 atom stereocenters. The summed E-state index contributed by atoms with van der Waals surface area (Å²) in [5, 5.41) is 0. The smallest absolute Gasteiger partial charge is 0.337 e. The lowest BCUT2D eigenvalue weighted by molar-refractivity contribution is -0.136. The Kier molecular flexibility index (Phi) is 9.88. The van der Waals surface area contributed by atoms with E-state index in [-0.39, 0.29) is 17.2 Å². The van der Waals surface area contributed by atoms with E-state index in [4.69, 9.17) is 23.7 Å². The molecule has 0 amide bonds. The summed E-state index contributed by atoms with van der Waals surface area (Å²) >= 11 is 1.24. The van der Waals surface area contributed by atoms with Crippen LogP contribution in [0, 0.1) is 0 Å². The van der Waals surface area contributed by atoms with E-state index in [9.17, 15) is 9.59 Å². The van der Waals surface area contributed by atoms with Crippen LogP contribution in [0.3, 0.4) is 0 Å². The number of aromatic nitrogens is 1. The summed E-state index contributed by atoms with van der Waals surface area (Å²) in [5.41, 5.74) is 1.40. The van der Waals surface area contributed by atoms with E-state index in [0.29, 0.717) is 57.7 Å². The van der Waals surface area contributed by atoms with Gasteiger partial charge < -0.3 is 23.7 Å². The van der Waals surface area contributed by atoms with Crippen molar-refractivity contribution in [2.24, 2.45) is 4.99 Å². The standard InChI is InChI=1S/C31H36N2O7S/c1-7-19(5)40-24-13-11-20(15-25(24)38-9-3)16-27-29(34)33-28(22(30(35)36-6)18-32-31(33)41-27)21-12-14-23(37-8-2)26(17-21)39-10-4/h11-19,28H,7-10H2,1-6H3/b27-16-/t19-,28+/m0/s1. The molecule has 0 fully saturated rings. The van der Waals surface area contributed by atoms with Crippen LogP contribution in [-0.4, -0.2) is 43.6 Å². The van der Waals surface area contributed by atoms with Crippen molar-refractivity contribution in [1.29, 1.82) is 0 Å². The van der Waals surface area contributed by atoms with Gasteiger partial charge in [0.2, 0.25) is 0 Å². The Morgan fingerprint density at radius 3 is 2.29 bits per heavy atom. The molecule has 0 aliphatic carbocycles. The summed E-state index contributed by atoms with van der Waals surface area (Å²) in [6.45, 7) is 11.1. The summed E-state index contributed by atoms with van der Waals surface area (Å²) in [6.07, 6.45) is 4.17. The molecule has 41 heavy (non-hydrogen) atoms. The van der Waals surface area contributed by atoms with E-state index in [0.717, 1.165) is 12.0 Å². The lowest BCUT2D eigenvalue weighted by atomic mass is 9.97. The minimum absolute atomic E-state index is 0.0404. The van der Waals surface area contributed by atoms with Gasteiger partial charge in [-0.1, -0.05) is 30.4 Å². The van der Waals surface area contributed by atoms with Crippen LogP contribution in [0.15, 0.2) is 58.0 Å². The van der Waals surface area contributed by atoms with Crippen molar-refractivity contribution in [3.63, 3.8) is 0 Å². The molecule has 0 bridgehead atoms. The molecule has 4 rings (SSSR count). The van der Waals surface area contributed by atoms with E-state index >= 15 is 0 Å². The zero-order valence-electron chi connectivity index (χ0n) is 24.3. The molecule has 0 saturated heterocycles. The molecule has 0 saturated carbocycles. The molecule has 2 heterocycles. The number of benzene rings is 2. The Morgan fingerprint density at radius 2 is 1.63 bits per heavy atom. The summed E-state index contributed by atoms with van der Waals surface area (Å²) in [7, 11) is 1.31. The number of ether oxygens (including phenoxy) is 5. The largest absolute Gasteiger partial charge is 0.490 e. The van der Waals surface area contributed by atoms with E-state index in [1.165, 1.54) is 29.2 Å². The highest BCUT2D eigenvalue weighted by Crippen LogP contribution is 2.35. The summed E-state index contributed by atoms with van der Waals surface area (Å²) in [4.78, 5) is 31.6. The van der Waals surface area contributed by atoms with Crippen molar-refractivity contribution in [1.82, 2.24) is 4.57 Å². The first-order valence-corrected chi connectivity index (χ1v) is 14.6. The summed E-state index contributed by atoms with van der Waals surface area (Å²) in [5.74, 6) is 1.80. The fourth-order valence-electron chi connectivity index (χ4n) is 4.42. The predicted molar refractivity (Wildman–Crippen MR) is 158 cm³/mol. The molecule has 0 unspecified atom stereocenters. The maximum absolute atomic E-state index is 13.9. The number of carbonyl (C=O) groups excluding carboxylic acids is 1. The Hall–Kier alpha value is -4.05. The summed E-state index contributed by atoms with van der Waals surface area (Å²) in [6, 6.07) is 10.2. The molecule has 1 aliphatic rings. The number of carbonyl (C=O) groups is 1. The first-order valence-electron chi connectivity index (χ1n) is 13.8. The van der Waals surface area contributed by atoms with Crippen LogP contribution in [-0.2, 0) is 9.53 Å². The second kappa shape index (κ2) is 13.5. The fourth-order valence-corrected chi connectivity index (χ4v) is 5.39. The van der Waals surface area contributed by atoms with E-state index in [2.05, 4.69) is 11.9 Å². The fraction of sp³-hybridized carbons (Fsp3) is 0.387. The molecule has 0 radical (unpaired) electrons. The average Bonchev–Trinajstić information content (AvgIpc) is 3.29. The van der Waals surface area contributed by atoms with Crippen LogP contribution in [0.1, 0.15) is 58.2 Å². The van der Waals surface area contributed by atoms with Crippen LogP contribution in [0.25, 0.3) is 6.08 Å². The van der Waals surface area contributed by atoms with Crippen molar-refractivity contribution < 1.29 is 28.5 Å². The SMILES string of the molecule is CCOc1ccc([C@@H]2C(C(=O)OC)=CN=c3s/c(=C\c4ccc(O[C@@H](C)CC)c(OCC)c4)c(=O)n32)cc1OCC. The van der Waals surface area contributed by atoms with Crippen LogP contribution in [0.5, 0.6) is 23.0 Å². The van der Waals surface area contributed by atoms with Gasteiger partial charge in [0.1, 0.15) is 0 Å². The quantitative estimate of drug-likeness (QED) is 0.293. The maximum atomic E-state index is 13.9. The second-order valence-electron chi connectivity index (χ2n) is 9.22. The monoisotopic (exact) mass is 580 g/mol. The van der Waals surface area contributed by atoms with Crippen molar-refractivity contribution in [2.75, 3.05) is 26.9 Å². The number of hydrogen-bond donors (Lipinski definition) is 0. The number of fused-ring (bicyclic) bond motifs is 1. The lowest BCUT2D eigenvalue weighted by Crippen LogP contribution is -2.39. The van der Waals surface area contributed by atoms with E-state index in [1.54, 1.807) is 18.2 Å². The minimum Gasteiger partial charge on any atom is -0.490 e. The van der Waals surface area contributed by atoms with Gasteiger partial charge in [-0.15, -0.1) is 0 Å². The molecule has 10 heteroatoms. The number of methoxy groups -OCH3 is 1. The van der Waals surface area contributed by atoms with Crippen molar-refractivity contribution >= 4 is 23.4 Å². The molecule has 218 valence electrons. The molecule has 0 spiro atoms. The van der Waals surface area contributed by atoms with Gasteiger partial charge in [0.05, 0.1) is 49.2 Å². The van der Waals surface area contributed by atoms with Crippen molar-refractivity contribution in [2.45, 2.75) is 53.2 Å². The van der Waals surface area contributed by atoms with Gasteiger partial charge in [-0.2, -0.15) is 0 Å². The highest BCUT2D eigenvalue weighted by Gasteiger charge is 2.31. The van der Waals surface area contributed by atoms with Gasteiger partial charge in [-0.05, 0) is 75.6 Å². The molecule has 2 aromatic carbocycles. The van der Waals surface area contributed by atoms with Gasteiger partial charge in [0.15, 0.2) is 27.8 Å². The zero-order chi connectivity index (χ0) is 29.5. The van der Waals surface area contributed by atoms with Gasteiger partial charge in [-0.25, -0.2) is 9.79 Å². The van der Waals surface area contributed by atoms with Crippen LogP contribution in [0.4, 0.5) is 0 Å². The van der Waals surface area contributed by atoms with Gasteiger partial charge in [0.25, 0.3) is 5.56 Å². The molecule has 3 aromatic rings. The lowest BCUT2D eigenvalue weighted by Gasteiger charge is -2.23. The van der Waals surface area contributed by atoms with E-state index in [1.807, 2.05) is 52.0 Å². The number of thiazole rings is 1. The van der Waals surface area contributed by atoms with Crippen LogP contribution < -0.4 is 33.8 Å². The number of esters is 1. The second-order valence-corrected chi connectivity index (χ2v) is 10.2. The molecule has 0 N–H and O–H groups in total. The molecule has 9 nitrogen and oxygen atoms in total. The Balaban J connectivity index is 1.84. The third-order valence-corrected chi connectivity index (χ3v) is 7.47. The van der Waals surface area contributed by atoms with Crippen molar-refractivity contribution in [3.8, 4) is 23.0 Å². The third-order valence-electron chi connectivity index (χ3n) is 6.48. The van der Waals surface area contributed by atoms with Crippen molar-refractivity contribution in [3.05, 3.63) is 79.0 Å². The van der Waals surface area contributed by atoms with Crippen LogP contribution >= 0.6 is 11.3 Å². The highest BCUT2D eigenvalue weighted by molar-refractivity contribution is 7.07. The zero-order valence-corrected chi connectivity index (χ0v) is 25.1. The molecular weight excluding hydrogens is 544 g/mol. The molecule has 1 aromatic heterocycles. The maximum Gasteiger partial charge on any atom is 0.337 e. The van der Waals surface area contributed by atoms with Gasteiger partial charge >= 0.3 is 5.97 Å². The Morgan fingerprint density at radius 1 is 0.976 bits per heavy atom. The molecular formula is C31H36N2O7S. The predicted octanol–water partition coefficient (Wildman–Crippen LogP) is 4.39. The molecule has 1 aliphatic heterocycles. The average molecular weight is 581 g/mol. The van der Waals surface area contributed by atoms with Crippen LogP contribution in [0.2, 0.25) is 0 Å². The first kappa shape index (κ1) is 29.9. The number of hydrogen-bond acceptors (Lipinski definition) is 9. The minimum atomic E-state index is -0.763. The number of nitrogens with zero attached hydrogens (tertiary/aromatic N) is 2. The first-order chi connectivity index (χ1) is 19.8. The van der Waals surface area contributed by atoms with E-state index < -0.39 is 12.0 Å². The Bertz CT molecular complexity index is 1610. The normalized spacial score (nSPS) is 15.3.